The number of esters is 1. The number of methoxy groups -OCH3 is 1. The van der Waals surface area contributed by atoms with Crippen LogP contribution in [0.4, 0.5) is 0 Å². The Labute approximate surface area is 125 Å². The first-order chi connectivity index (χ1) is 10.3. The molecule has 0 aliphatic rings. The van der Waals surface area contributed by atoms with Gasteiger partial charge in [-0.1, -0.05) is 56.5 Å². The number of carbonyl (C=O) groups excluding carboxylic acids is 1. The van der Waals surface area contributed by atoms with Gasteiger partial charge in [-0.25, -0.2) is 9.78 Å². The number of benzene rings is 1. The number of unbranched alkanes of at least 4 members (excludes halogenated alkanes) is 3. The molecule has 2 rings (SSSR count). The van der Waals surface area contributed by atoms with Gasteiger partial charge in [-0.05, 0) is 6.42 Å². The molecular formula is C17H21NO3. The summed E-state index contributed by atoms with van der Waals surface area (Å²) in [6.45, 7) is 2.17. The summed E-state index contributed by atoms with van der Waals surface area (Å²) in [5, 5.41) is 0. The lowest BCUT2D eigenvalue weighted by Gasteiger charge is -1.99. The molecule has 112 valence electrons. The number of hydrogen-bond donors (Lipinski definition) is 0. The molecule has 0 aliphatic heterocycles. The van der Waals surface area contributed by atoms with Crippen molar-refractivity contribution in [2.45, 2.75) is 39.0 Å². The summed E-state index contributed by atoms with van der Waals surface area (Å²) in [5.74, 6) is 0.635. The molecule has 4 heteroatoms. The fourth-order valence-corrected chi connectivity index (χ4v) is 2.19. The van der Waals surface area contributed by atoms with Gasteiger partial charge in [0, 0.05) is 12.0 Å². The Kier molecular flexibility index (Phi) is 5.55. The van der Waals surface area contributed by atoms with Gasteiger partial charge in [-0.3, -0.25) is 0 Å². The van der Waals surface area contributed by atoms with Gasteiger partial charge < -0.3 is 9.15 Å². The van der Waals surface area contributed by atoms with E-state index in [1.165, 1.54) is 20.0 Å². The lowest BCUT2D eigenvalue weighted by molar-refractivity contribution is 0.0595. The lowest BCUT2D eigenvalue weighted by atomic mass is 10.1. The summed E-state index contributed by atoms with van der Waals surface area (Å²) in [7, 11) is 1.35. The topological polar surface area (TPSA) is 52.3 Å². The molecule has 0 fully saturated rings. The van der Waals surface area contributed by atoms with Crippen LogP contribution in [0.3, 0.4) is 0 Å². The number of hydrogen-bond acceptors (Lipinski definition) is 4. The fraction of sp³-hybridized carbons (Fsp3) is 0.412. The van der Waals surface area contributed by atoms with Crippen molar-refractivity contribution in [2.24, 2.45) is 0 Å². The van der Waals surface area contributed by atoms with Gasteiger partial charge in [0.15, 0.2) is 17.3 Å². The Bertz CT molecular complexity index is 575. The fourth-order valence-electron chi connectivity index (χ4n) is 2.19. The Balaban J connectivity index is 2.22. The Morgan fingerprint density at radius 1 is 1.19 bits per heavy atom. The zero-order valence-corrected chi connectivity index (χ0v) is 12.6. The summed E-state index contributed by atoms with van der Waals surface area (Å²) < 4.78 is 10.6. The number of oxazole rings is 1. The third-order valence-electron chi connectivity index (χ3n) is 3.33. The lowest BCUT2D eigenvalue weighted by Crippen LogP contribution is -2.03. The minimum atomic E-state index is -0.461. The van der Waals surface area contributed by atoms with E-state index in [0.29, 0.717) is 11.7 Å². The van der Waals surface area contributed by atoms with Crippen LogP contribution in [0.5, 0.6) is 0 Å². The largest absolute Gasteiger partial charge is 0.464 e. The highest BCUT2D eigenvalue weighted by atomic mass is 16.5. The third-order valence-corrected chi connectivity index (χ3v) is 3.33. The van der Waals surface area contributed by atoms with Gasteiger partial charge in [0.05, 0.1) is 7.11 Å². The van der Waals surface area contributed by atoms with E-state index in [0.717, 1.165) is 24.8 Å². The number of ether oxygens (including phenoxy) is 1. The highest BCUT2D eigenvalue weighted by Crippen LogP contribution is 2.26. The minimum absolute atomic E-state index is 0.259. The van der Waals surface area contributed by atoms with E-state index in [1.807, 2.05) is 30.3 Å². The molecule has 0 saturated carbocycles. The van der Waals surface area contributed by atoms with E-state index in [4.69, 9.17) is 9.15 Å². The molecule has 0 bridgehead atoms. The Hall–Kier alpha value is -2.10. The minimum Gasteiger partial charge on any atom is -0.464 e. The molecule has 0 atom stereocenters. The molecule has 0 radical (unpaired) electrons. The number of carbonyl (C=O) groups is 1. The van der Waals surface area contributed by atoms with Crippen molar-refractivity contribution in [1.29, 1.82) is 0 Å². The monoisotopic (exact) mass is 287 g/mol. The summed E-state index contributed by atoms with van der Waals surface area (Å²) in [6, 6.07) is 9.52. The number of aryl methyl sites for hydroxylation is 1. The molecule has 1 aromatic carbocycles. The van der Waals surface area contributed by atoms with E-state index >= 15 is 0 Å². The van der Waals surface area contributed by atoms with Crippen LogP contribution in [0.2, 0.25) is 0 Å². The SMILES string of the molecule is CCCCCCc1nc(C(=O)OC)c(-c2ccccc2)o1. The van der Waals surface area contributed by atoms with Gasteiger partial charge in [0.1, 0.15) is 0 Å². The zero-order chi connectivity index (χ0) is 15.1. The maximum absolute atomic E-state index is 11.9. The van der Waals surface area contributed by atoms with Crippen molar-refractivity contribution in [3.63, 3.8) is 0 Å². The molecule has 0 N–H and O–H groups in total. The molecule has 1 heterocycles. The average Bonchev–Trinajstić information content (AvgIpc) is 2.96. The number of aromatic nitrogens is 1. The van der Waals surface area contributed by atoms with Crippen molar-refractivity contribution in [1.82, 2.24) is 4.98 Å². The maximum Gasteiger partial charge on any atom is 0.360 e. The number of rotatable bonds is 7. The first-order valence-electron chi connectivity index (χ1n) is 7.39. The molecule has 0 unspecified atom stereocenters. The van der Waals surface area contributed by atoms with E-state index in [-0.39, 0.29) is 5.69 Å². The van der Waals surface area contributed by atoms with Gasteiger partial charge >= 0.3 is 5.97 Å². The second-order valence-electron chi connectivity index (χ2n) is 4.95. The van der Waals surface area contributed by atoms with Gasteiger partial charge in [-0.2, -0.15) is 0 Å². The molecule has 1 aromatic heterocycles. The average molecular weight is 287 g/mol. The molecule has 0 aliphatic carbocycles. The zero-order valence-electron chi connectivity index (χ0n) is 12.6. The van der Waals surface area contributed by atoms with Crippen LogP contribution in [-0.2, 0) is 11.2 Å². The van der Waals surface area contributed by atoms with Crippen molar-refractivity contribution < 1.29 is 13.9 Å². The second kappa shape index (κ2) is 7.62. The van der Waals surface area contributed by atoms with Crippen LogP contribution < -0.4 is 0 Å². The van der Waals surface area contributed by atoms with Crippen LogP contribution in [-0.4, -0.2) is 18.1 Å². The molecular weight excluding hydrogens is 266 g/mol. The van der Waals surface area contributed by atoms with E-state index in [2.05, 4.69) is 11.9 Å². The van der Waals surface area contributed by atoms with E-state index in [1.54, 1.807) is 0 Å². The molecule has 2 aromatic rings. The quantitative estimate of drug-likeness (QED) is 0.564. The van der Waals surface area contributed by atoms with Crippen molar-refractivity contribution >= 4 is 5.97 Å². The van der Waals surface area contributed by atoms with Crippen LogP contribution in [0, 0.1) is 0 Å². The summed E-state index contributed by atoms with van der Waals surface area (Å²) in [5.41, 5.74) is 1.10. The molecule has 0 spiro atoms. The summed E-state index contributed by atoms with van der Waals surface area (Å²) in [6.07, 6.45) is 5.30. The molecule has 0 saturated heterocycles. The van der Waals surface area contributed by atoms with Gasteiger partial charge in [0.25, 0.3) is 0 Å². The highest BCUT2D eigenvalue weighted by Gasteiger charge is 2.21. The summed E-state index contributed by atoms with van der Waals surface area (Å²) >= 11 is 0. The van der Waals surface area contributed by atoms with Crippen LogP contribution in [0.1, 0.15) is 49.0 Å². The first kappa shape index (κ1) is 15.3. The molecule has 21 heavy (non-hydrogen) atoms. The number of nitrogens with zero attached hydrogens (tertiary/aromatic N) is 1. The van der Waals surface area contributed by atoms with Crippen molar-refractivity contribution in [3.8, 4) is 11.3 Å². The molecule has 4 nitrogen and oxygen atoms in total. The smallest absolute Gasteiger partial charge is 0.360 e. The Morgan fingerprint density at radius 2 is 1.95 bits per heavy atom. The standard InChI is InChI=1S/C17H21NO3/c1-3-4-5-9-12-14-18-15(17(19)20-2)16(21-14)13-10-7-6-8-11-13/h6-8,10-11H,3-5,9,12H2,1-2H3. The predicted molar refractivity (Wildman–Crippen MR) is 81.1 cm³/mol. The van der Waals surface area contributed by atoms with Crippen LogP contribution >= 0.6 is 0 Å². The van der Waals surface area contributed by atoms with Crippen LogP contribution in [0.15, 0.2) is 34.7 Å². The predicted octanol–water partition coefficient (Wildman–Crippen LogP) is 4.25. The van der Waals surface area contributed by atoms with Gasteiger partial charge in [0.2, 0.25) is 0 Å². The normalized spacial score (nSPS) is 10.6. The first-order valence-corrected chi connectivity index (χ1v) is 7.39. The van der Waals surface area contributed by atoms with Crippen molar-refractivity contribution in [3.05, 3.63) is 41.9 Å². The Morgan fingerprint density at radius 3 is 2.62 bits per heavy atom. The summed E-state index contributed by atoms with van der Waals surface area (Å²) in [4.78, 5) is 16.2. The third kappa shape index (κ3) is 3.94. The van der Waals surface area contributed by atoms with Gasteiger partial charge in [-0.15, -0.1) is 0 Å². The maximum atomic E-state index is 11.9. The second-order valence-corrected chi connectivity index (χ2v) is 4.95. The van der Waals surface area contributed by atoms with E-state index in [9.17, 15) is 4.79 Å². The van der Waals surface area contributed by atoms with Crippen LogP contribution in [0.25, 0.3) is 11.3 Å². The van der Waals surface area contributed by atoms with Crippen molar-refractivity contribution in [2.75, 3.05) is 7.11 Å². The van der Waals surface area contributed by atoms with E-state index < -0.39 is 5.97 Å². The highest BCUT2D eigenvalue weighted by molar-refractivity contribution is 5.93. The molecule has 0 amide bonds.